The summed E-state index contributed by atoms with van der Waals surface area (Å²) in [6.07, 6.45) is 0. The zero-order valence-electron chi connectivity index (χ0n) is 7.21. The Morgan fingerprint density at radius 3 is 0.600 bits per heavy atom. The molecule has 0 aliphatic carbocycles. The van der Waals surface area contributed by atoms with Crippen molar-refractivity contribution in [3.63, 3.8) is 0 Å². The smallest absolute Gasteiger partial charge is 0.816 e. The molecule has 15 heavy (non-hydrogen) atoms. The summed E-state index contributed by atoms with van der Waals surface area (Å²) in [5.41, 5.74) is 0. The van der Waals surface area contributed by atoms with E-state index >= 15 is 0 Å². The van der Waals surface area contributed by atoms with E-state index in [0.717, 1.165) is 0 Å². The Morgan fingerprint density at radius 1 is 0.600 bits per heavy atom. The van der Waals surface area contributed by atoms with Crippen LogP contribution < -0.4 is 58.9 Å². The molecular formula is AlCaF3NaO6P3. The Labute approximate surface area is 150 Å². The predicted octanol–water partition coefficient (Wildman–Crippen LogP) is -7.05. The van der Waals surface area contributed by atoms with Crippen molar-refractivity contribution in [3.8, 4) is 0 Å². The average molecular weight is 336 g/mol. The molecular weight excluding hydrogens is 336 g/mol. The van der Waals surface area contributed by atoms with E-state index in [1.165, 1.54) is 0 Å². The van der Waals surface area contributed by atoms with Gasteiger partial charge in [0.1, 0.15) is 0 Å². The van der Waals surface area contributed by atoms with Crippen LogP contribution >= 0.6 is 26.1 Å². The Bertz CT molecular complexity index is 62.1. The van der Waals surface area contributed by atoms with Crippen LogP contribution in [0.15, 0.2) is 0 Å². The van der Waals surface area contributed by atoms with Gasteiger partial charge in [0.2, 0.25) is 0 Å². The van der Waals surface area contributed by atoms with E-state index in [9.17, 15) is 12.6 Å². The first-order valence-electron chi connectivity index (χ1n) is 1.60. The minimum Gasteiger partial charge on any atom is -0.816 e. The van der Waals surface area contributed by atoms with Crippen molar-refractivity contribution in [2.45, 2.75) is 0 Å². The van der Waals surface area contributed by atoms with Crippen LogP contribution in [0.3, 0.4) is 0 Å². The van der Waals surface area contributed by atoms with E-state index in [4.69, 9.17) is 29.4 Å². The minimum atomic E-state index is -3.62. The van der Waals surface area contributed by atoms with E-state index in [1.54, 1.807) is 0 Å². The standard InChI is InChI=1S/Al.Ca.3FO2P.Na/c;;3*1-4(2)3;/q+3;+2;3*-2;+1. The SMILES string of the molecule is [Al+3].[Ca+2].[Na+].[O-]P([O-])F.[O-]P([O-])F.[O-]P([O-])F. The van der Waals surface area contributed by atoms with Gasteiger partial charge in [0.15, 0.2) is 0 Å². The van der Waals surface area contributed by atoms with Gasteiger partial charge >= 0.3 is 84.7 Å². The maximum absolute atomic E-state index is 9.95. The summed E-state index contributed by atoms with van der Waals surface area (Å²) < 4.78 is 29.9. The molecule has 0 spiro atoms. The van der Waals surface area contributed by atoms with Gasteiger partial charge in [0, 0.05) is 0 Å². The molecule has 0 atom stereocenters. The van der Waals surface area contributed by atoms with Crippen molar-refractivity contribution in [1.82, 2.24) is 0 Å². The molecule has 0 radical (unpaired) electrons. The van der Waals surface area contributed by atoms with Gasteiger partial charge < -0.3 is 29.4 Å². The van der Waals surface area contributed by atoms with Gasteiger partial charge in [0.25, 0.3) is 0 Å². The third-order valence-electron chi connectivity index (χ3n) is 0. The molecule has 0 saturated heterocycles. The van der Waals surface area contributed by atoms with Crippen molar-refractivity contribution in [3.05, 3.63) is 0 Å². The van der Waals surface area contributed by atoms with Crippen molar-refractivity contribution >= 4 is 81.2 Å². The number of rotatable bonds is 0. The molecule has 0 unspecified atom stereocenters. The molecule has 0 aromatic carbocycles. The normalized spacial score (nSPS) is 7.20. The second kappa shape index (κ2) is 30.6. The monoisotopic (exact) mass is 336 g/mol. The first kappa shape index (κ1) is 36.3. The summed E-state index contributed by atoms with van der Waals surface area (Å²) in [5.74, 6) is 0. The van der Waals surface area contributed by atoms with Gasteiger partial charge in [-0.05, 0) is 0 Å². The summed E-state index contributed by atoms with van der Waals surface area (Å²) in [4.78, 5) is 50.2. The van der Waals surface area contributed by atoms with Crippen LogP contribution in [0.1, 0.15) is 0 Å². The zero-order chi connectivity index (χ0) is 10.7. The number of hydrogen-bond acceptors (Lipinski definition) is 6. The minimum absolute atomic E-state index is 0. The van der Waals surface area contributed by atoms with Crippen LogP contribution in [0.5, 0.6) is 0 Å². The first-order chi connectivity index (χ1) is 5.20. The van der Waals surface area contributed by atoms with Gasteiger partial charge in [-0.15, -0.1) is 26.1 Å². The molecule has 0 rings (SSSR count). The van der Waals surface area contributed by atoms with Crippen LogP contribution in [-0.2, 0) is 0 Å². The van der Waals surface area contributed by atoms with Crippen LogP contribution in [-0.4, -0.2) is 55.1 Å². The molecule has 0 bridgehead atoms. The first-order valence-corrected chi connectivity index (χ1v) is 4.81. The van der Waals surface area contributed by atoms with E-state index in [1.807, 2.05) is 0 Å². The van der Waals surface area contributed by atoms with Gasteiger partial charge in [0.05, 0.1) is 0 Å². The Hall–Kier alpha value is 3.63. The van der Waals surface area contributed by atoms with Gasteiger partial charge in [-0.25, -0.2) is 0 Å². The quantitative estimate of drug-likeness (QED) is 0.318. The molecule has 0 amide bonds. The fraction of sp³-hybridized carbons (Fsp3) is 0. The number of hydrogen-bond donors (Lipinski definition) is 0. The molecule has 0 aliphatic rings. The van der Waals surface area contributed by atoms with Crippen LogP contribution in [0, 0.1) is 0 Å². The van der Waals surface area contributed by atoms with Crippen molar-refractivity contribution < 1.29 is 71.5 Å². The van der Waals surface area contributed by atoms with Crippen LogP contribution in [0.2, 0.25) is 0 Å². The second-order valence-corrected chi connectivity index (χ2v) is 1.91. The average Bonchev–Trinajstić information content (AvgIpc) is 1.54. The summed E-state index contributed by atoms with van der Waals surface area (Å²) in [5, 5.41) is 0. The summed E-state index contributed by atoms with van der Waals surface area (Å²) in [6, 6.07) is 0. The van der Waals surface area contributed by atoms with Gasteiger partial charge in [-0.1, -0.05) is 0 Å². The molecule has 15 heteroatoms. The maximum Gasteiger partial charge on any atom is 3.00 e. The molecule has 6 nitrogen and oxygen atoms in total. The van der Waals surface area contributed by atoms with Crippen molar-refractivity contribution in [2.24, 2.45) is 0 Å². The Kier molecular flexibility index (Phi) is 74.0. The zero-order valence-corrected chi connectivity index (χ0v) is 15.3. The summed E-state index contributed by atoms with van der Waals surface area (Å²) in [6.45, 7) is 0. The van der Waals surface area contributed by atoms with Crippen LogP contribution in [0.25, 0.3) is 0 Å². The topological polar surface area (TPSA) is 138 Å². The van der Waals surface area contributed by atoms with E-state index in [2.05, 4.69) is 0 Å². The van der Waals surface area contributed by atoms with Crippen molar-refractivity contribution in [1.29, 1.82) is 0 Å². The molecule has 0 aromatic heterocycles. The molecule has 0 saturated carbocycles. The molecule has 0 fully saturated rings. The third-order valence-corrected chi connectivity index (χ3v) is 0. The van der Waals surface area contributed by atoms with E-state index in [-0.39, 0.29) is 84.7 Å². The molecule has 0 aromatic rings. The Morgan fingerprint density at radius 2 is 0.600 bits per heavy atom. The fourth-order valence-corrected chi connectivity index (χ4v) is 0. The predicted molar refractivity (Wildman–Crippen MR) is 35.6 cm³/mol. The molecule has 0 aliphatic heterocycles. The fourth-order valence-electron chi connectivity index (χ4n) is 0. The number of halogens is 3. The van der Waals surface area contributed by atoms with Gasteiger partial charge in [-0.3, -0.25) is 12.6 Å². The van der Waals surface area contributed by atoms with Gasteiger partial charge in [-0.2, -0.15) is 0 Å². The maximum atomic E-state index is 9.95. The molecule has 0 heterocycles. The Balaban J connectivity index is -0.0000000184. The van der Waals surface area contributed by atoms with E-state index < -0.39 is 26.1 Å². The van der Waals surface area contributed by atoms with Crippen LogP contribution in [0.4, 0.5) is 12.6 Å². The second-order valence-electron chi connectivity index (χ2n) is 0.638. The largest absolute Gasteiger partial charge is 3.00 e. The van der Waals surface area contributed by atoms with E-state index in [0.29, 0.717) is 0 Å². The third kappa shape index (κ3) is 327. The molecule has 0 N–H and O–H groups in total. The summed E-state index contributed by atoms with van der Waals surface area (Å²) in [7, 11) is -10.9. The van der Waals surface area contributed by atoms with Crippen molar-refractivity contribution in [2.75, 3.05) is 0 Å². The summed E-state index contributed by atoms with van der Waals surface area (Å²) >= 11 is 0. The molecule has 78 valence electrons.